The van der Waals surface area contributed by atoms with Gasteiger partial charge in [-0.15, -0.1) is 11.3 Å². The first-order valence-corrected chi connectivity index (χ1v) is 11.0. The van der Waals surface area contributed by atoms with Crippen molar-refractivity contribution in [2.24, 2.45) is 5.92 Å². The quantitative estimate of drug-likeness (QED) is 0.622. The second-order valence-electron chi connectivity index (χ2n) is 7.69. The van der Waals surface area contributed by atoms with E-state index in [1.165, 1.54) is 11.3 Å². The molecule has 2 aliphatic rings. The van der Waals surface area contributed by atoms with Crippen LogP contribution in [0.4, 0.5) is 11.4 Å². The van der Waals surface area contributed by atoms with E-state index >= 15 is 0 Å². The van der Waals surface area contributed by atoms with Crippen molar-refractivity contribution in [3.05, 3.63) is 46.1 Å². The van der Waals surface area contributed by atoms with Gasteiger partial charge in [0.15, 0.2) is 0 Å². The molecule has 0 unspecified atom stereocenters. The van der Waals surface area contributed by atoms with Gasteiger partial charge in [0.1, 0.15) is 0 Å². The molecule has 1 aliphatic carbocycles. The summed E-state index contributed by atoms with van der Waals surface area (Å²) >= 11 is 7.54. The Morgan fingerprint density at radius 1 is 1.33 bits per heavy atom. The van der Waals surface area contributed by atoms with Crippen molar-refractivity contribution in [2.45, 2.75) is 32.1 Å². The van der Waals surface area contributed by atoms with E-state index in [0.29, 0.717) is 40.6 Å². The summed E-state index contributed by atoms with van der Waals surface area (Å²) < 4.78 is 5.33. The monoisotopic (exact) mass is 442 g/mol. The second kappa shape index (κ2) is 7.52. The number of aryl methyl sites for hydroxylation is 1. The molecule has 3 heterocycles. The van der Waals surface area contributed by atoms with E-state index in [0.717, 1.165) is 22.6 Å². The van der Waals surface area contributed by atoms with Crippen LogP contribution in [-0.4, -0.2) is 28.5 Å². The summed E-state index contributed by atoms with van der Waals surface area (Å²) in [6.45, 7) is 2.26. The Labute approximate surface area is 182 Å². The van der Waals surface area contributed by atoms with Crippen molar-refractivity contribution in [2.75, 3.05) is 16.8 Å². The van der Waals surface area contributed by atoms with E-state index in [2.05, 4.69) is 15.5 Å². The first-order chi connectivity index (χ1) is 14.5. The van der Waals surface area contributed by atoms with Gasteiger partial charge in [-0.05, 0) is 44.0 Å². The molecule has 0 spiro atoms. The van der Waals surface area contributed by atoms with Crippen LogP contribution in [-0.2, 0) is 9.59 Å². The van der Waals surface area contributed by atoms with Crippen LogP contribution >= 0.6 is 22.9 Å². The van der Waals surface area contributed by atoms with Crippen molar-refractivity contribution in [1.82, 2.24) is 10.1 Å². The molecule has 5 rings (SSSR count). The molecule has 2 aromatic heterocycles. The molecule has 9 heteroatoms. The fourth-order valence-electron chi connectivity index (χ4n) is 3.56. The Morgan fingerprint density at radius 2 is 2.17 bits per heavy atom. The maximum Gasteiger partial charge on any atom is 0.230 e. The summed E-state index contributed by atoms with van der Waals surface area (Å²) in [4.78, 5) is 33.2. The summed E-state index contributed by atoms with van der Waals surface area (Å²) in [7, 11) is 0. The lowest BCUT2D eigenvalue weighted by Gasteiger charge is -2.17. The number of anilines is 2. The minimum absolute atomic E-state index is 0.0838. The molecule has 154 valence electrons. The van der Waals surface area contributed by atoms with E-state index in [1.54, 1.807) is 23.1 Å². The fourth-order valence-corrected chi connectivity index (χ4v) is 4.64. The molecular weight excluding hydrogens is 424 g/mol. The number of nitrogens with zero attached hydrogens (tertiary/aromatic N) is 3. The van der Waals surface area contributed by atoms with Crippen LogP contribution in [0.2, 0.25) is 5.02 Å². The lowest BCUT2D eigenvalue weighted by Crippen LogP contribution is -2.28. The van der Waals surface area contributed by atoms with Gasteiger partial charge in [0.25, 0.3) is 0 Å². The summed E-state index contributed by atoms with van der Waals surface area (Å²) in [5.41, 5.74) is 1.42. The van der Waals surface area contributed by atoms with E-state index < -0.39 is 5.92 Å². The van der Waals surface area contributed by atoms with Crippen molar-refractivity contribution in [1.29, 1.82) is 0 Å². The maximum atomic E-state index is 12.8. The van der Waals surface area contributed by atoms with E-state index in [4.69, 9.17) is 16.1 Å². The van der Waals surface area contributed by atoms with E-state index in [-0.39, 0.29) is 18.2 Å². The van der Waals surface area contributed by atoms with Crippen LogP contribution in [0.5, 0.6) is 0 Å². The number of hydrogen-bond donors (Lipinski definition) is 1. The topological polar surface area (TPSA) is 88.3 Å². The van der Waals surface area contributed by atoms with Crippen LogP contribution in [0.1, 0.15) is 35.9 Å². The maximum absolute atomic E-state index is 12.8. The summed E-state index contributed by atoms with van der Waals surface area (Å²) in [5.74, 6) is 0.951. The highest BCUT2D eigenvalue weighted by molar-refractivity contribution is 7.16. The van der Waals surface area contributed by atoms with Crippen LogP contribution in [0.3, 0.4) is 0 Å². The first-order valence-electron chi connectivity index (χ1n) is 9.79. The molecule has 7 nitrogen and oxygen atoms in total. The van der Waals surface area contributed by atoms with E-state index in [1.807, 2.05) is 19.1 Å². The van der Waals surface area contributed by atoms with Crippen molar-refractivity contribution >= 4 is 46.1 Å². The van der Waals surface area contributed by atoms with Crippen LogP contribution in [0.15, 0.2) is 34.9 Å². The van der Waals surface area contributed by atoms with E-state index in [9.17, 15) is 9.59 Å². The minimum atomic E-state index is -0.425. The van der Waals surface area contributed by atoms with Crippen molar-refractivity contribution < 1.29 is 14.1 Å². The Balaban J connectivity index is 1.28. The number of amides is 2. The van der Waals surface area contributed by atoms with Gasteiger partial charge in [-0.3, -0.25) is 9.59 Å². The molecule has 1 aliphatic heterocycles. The molecule has 1 N–H and O–H groups in total. The van der Waals surface area contributed by atoms with Crippen LogP contribution in [0, 0.1) is 12.8 Å². The number of thiophene rings is 1. The zero-order valence-corrected chi connectivity index (χ0v) is 17.8. The summed E-state index contributed by atoms with van der Waals surface area (Å²) in [6.07, 6.45) is 2.36. The number of aromatic nitrogens is 2. The molecule has 0 radical (unpaired) electrons. The van der Waals surface area contributed by atoms with Gasteiger partial charge in [0.2, 0.25) is 23.5 Å². The Bertz CT molecular complexity index is 1140. The summed E-state index contributed by atoms with van der Waals surface area (Å²) in [6, 6.07) is 8.96. The minimum Gasteiger partial charge on any atom is -0.339 e. The average molecular weight is 443 g/mol. The predicted molar refractivity (Wildman–Crippen MR) is 115 cm³/mol. The number of carbonyl (C=O) groups is 2. The molecule has 2 amide bonds. The van der Waals surface area contributed by atoms with Gasteiger partial charge in [0.05, 0.1) is 16.5 Å². The highest BCUT2D eigenvalue weighted by Crippen LogP contribution is 2.40. The van der Waals surface area contributed by atoms with Gasteiger partial charge in [-0.2, -0.15) is 4.98 Å². The predicted octanol–water partition coefficient (Wildman–Crippen LogP) is 4.63. The molecular formula is C21H19ClN4O3S. The number of benzene rings is 1. The molecule has 1 aromatic carbocycles. The fraction of sp³-hybridized carbons (Fsp3) is 0.333. The molecule has 3 aromatic rings. The van der Waals surface area contributed by atoms with Crippen molar-refractivity contribution in [3.8, 4) is 10.7 Å². The number of hydrogen-bond acceptors (Lipinski definition) is 6. The smallest absolute Gasteiger partial charge is 0.230 e. The Hall–Kier alpha value is -2.71. The normalized spacial score (nSPS) is 18.8. The lowest BCUT2D eigenvalue weighted by molar-refractivity contribution is -0.122. The Morgan fingerprint density at radius 3 is 2.93 bits per heavy atom. The van der Waals surface area contributed by atoms with Gasteiger partial charge in [-0.1, -0.05) is 22.8 Å². The van der Waals surface area contributed by atoms with Gasteiger partial charge in [0, 0.05) is 34.5 Å². The Kier molecular flexibility index (Phi) is 4.83. The van der Waals surface area contributed by atoms with Gasteiger partial charge < -0.3 is 14.7 Å². The summed E-state index contributed by atoms with van der Waals surface area (Å²) in [5, 5.41) is 7.59. The zero-order valence-electron chi connectivity index (χ0n) is 16.2. The molecule has 2 fully saturated rings. The largest absolute Gasteiger partial charge is 0.339 e. The number of nitrogens with one attached hydrogen (secondary N) is 1. The number of carbonyl (C=O) groups excluding carboxylic acids is 2. The van der Waals surface area contributed by atoms with Crippen LogP contribution in [0.25, 0.3) is 10.7 Å². The number of halogens is 1. The third-order valence-electron chi connectivity index (χ3n) is 5.38. The molecule has 1 atom stereocenters. The molecule has 0 bridgehead atoms. The highest BCUT2D eigenvalue weighted by Gasteiger charge is 2.35. The van der Waals surface area contributed by atoms with Crippen molar-refractivity contribution in [3.63, 3.8) is 0 Å². The average Bonchev–Trinajstić information content (AvgIpc) is 3.14. The lowest BCUT2D eigenvalue weighted by atomic mass is 10.1. The number of rotatable bonds is 5. The third-order valence-corrected chi connectivity index (χ3v) is 6.66. The molecule has 1 saturated heterocycles. The first kappa shape index (κ1) is 19.3. The highest BCUT2D eigenvalue weighted by atomic mass is 35.5. The standard InChI is InChI=1S/C21H19ClN4O3S/c1-11-16(9-17(30-11)19-24-21(29-25-19)12-5-6-12)23-20(28)13-7-18(27)26(10-13)15-4-2-3-14(22)8-15/h2-4,8-9,12-13H,5-7,10H2,1H3,(H,23,28)/t13-/m1/s1. The van der Waals surface area contributed by atoms with Gasteiger partial charge in [-0.25, -0.2) is 0 Å². The van der Waals surface area contributed by atoms with Crippen LogP contribution < -0.4 is 10.2 Å². The SMILES string of the molecule is Cc1sc(-c2noc(C3CC3)n2)cc1NC(=O)[C@@H]1CC(=O)N(c2cccc(Cl)c2)C1. The second-order valence-corrected chi connectivity index (χ2v) is 9.38. The third kappa shape index (κ3) is 3.73. The van der Waals surface area contributed by atoms with Gasteiger partial charge >= 0.3 is 0 Å². The molecule has 1 saturated carbocycles. The molecule has 30 heavy (non-hydrogen) atoms. The zero-order chi connectivity index (χ0) is 20.8.